The zero-order valence-electron chi connectivity index (χ0n) is 30.8. The molecule has 0 saturated carbocycles. The number of aliphatic hydroxyl groups excluding tert-OH is 1. The van der Waals surface area contributed by atoms with Crippen molar-refractivity contribution < 1.29 is 33.8 Å². The molecule has 3 fully saturated rings. The number of nitrogens with one attached hydrogen (secondary N) is 1. The van der Waals surface area contributed by atoms with E-state index in [9.17, 15) is 29.1 Å². The Hall–Kier alpha value is -6.04. The summed E-state index contributed by atoms with van der Waals surface area (Å²) in [6.07, 6.45) is 4.92. The Morgan fingerprint density at radius 1 is 1.02 bits per heavy atom. The zero-order valence-corrected chi connectivity index (χ0v) is 30.8. The number of hydrogen-bond donors (Lipinski definition) is 2. The summed E-state index contributed by atoms with van der Waals surface area (Å²) in [6.45, 7) is 3.55. The number of benzene rings is 2. The van der Waals surface area contributed by atoms with E-state index in [1.165, 1.54) is 0 Å². The van der Waals surface area contributed by atoms with E-state index in [1.54, 1.807) is 56.4 Å². The average Bonchev–Trinajstić information content (AvgIpc) is 3.72. The summed E-state index contributed by atoms with van der Waals surface area (Å²) in [6, 6.07) is 9.70. The molecule has 14 nitrogen and oxygen atoms in total. The number of ether oxygens (including phenoxy) is 2. The van der Waals surface area contributed by atoms with E-state index in [-0.39, 0.29) is 41.7 Å². The number of amides is 4. The minimum Gasteiger partial charge on any atom is -0.496 e. The Morgan fingerprint density at radius 3 is 2.51 bits per heavy atom. The molecule has 0 radical (unpaired) electrons. The lowest BCUT2D eigenvalue weighted by Crippen LogP contribution is -2.57. The number of hydrogen-bond acceptors (Lipinski definition) is 10. The first-order chi connectivity index (χ1) is 26.5. The number of aromatic nitrogens is 2. The lowest BCUT2D eigenvalue weighted by Gasteiger charge is -2.48. The van der Waals surface area contributed by atoms with Crippen molar-refractivity contribution in [1.29, 1.82) is 0 Å². The average molecular weight is 745 g/mol. The highest BCUT2D eigenvalue weighted by Gasteiger charge is 2.49. The maximum absolute atomic E-state index is 13.2. The summed E-state index contributed by atoms with van der Waals surface area (Å²) in [5.41, 5.74) is 3.66. The van der Waals surface area contributed by atoms with Crippen molar-refractivity contribution in [2.75, 3.05) is 40.4 Å². The topological polar surface area (TPSA) is 164 Å². The fourth-order valence-electron chi connectivity index (χ4n) is 8.52. The number of aliphatic hydroxyl groups is 1. The van der Waals surface area contributed by atoms with Crippen LogP contribution in [0.3, 0.4) is 0 Å². The van der Waals surface area contributed by atoms with Gasteiger partial charge in [0.25, 0.3) is 11.5 Å². The van der Waals surface area contributed by atoms with Gasteiger partial charge in [0.2, 0.25) is 17.7 Å². The molecule has 55 heavy (non-hydrogen) atoms. The van der Waals surface area contributed by atoms with Crippen LogP contribution in [-0.2, 0) is 28.0 Å². The number of piperidine rings is 1. The molecule has 2 unspecified atom stereocenters. The Bertz CT molecular complexity index is 2380. The zero-order chi connectivity index (χ0) is 38.6. The third kappa shape index (κ3) is 6.39. The Morgan fingerprint density at radius 2 is 1.78 bits per heavy atom. The fourth-order valence-corrected chi connectivity index (χ4v) is 8.52. The van der Waals surface area contributed by atoms with Crippen LogP contribution in [0.15, 0.2) is 59.8 Å². The molecule has 4 aromatic rings. The molecule has 2 aromatic carbocycles. The van der Waals surface area contributed by atoms with Gasteiger partial charge in [-0.2, -0.15) is 0 Å². The van der Waals surface area contributed by atoms with E-state index in [0.29, 0.717) is 47.6 Å². The van der Waals surface area contributed by atoms with Crippen LogP contribution >= 0.6 is 0 Å². The number of carbonyl (C=O) groups is 4. The van der Waals surface area contributed by atoms with Gasteiger partial charge in [-0.25, -0.2) is 0 Å². The van der Waals surface area contributed by atoms with Crippen LogP contribution in [0.1, 0.15) is 59.0 Å². The molecule has 2 N–H and O–H groups in total. The molecule has 8 rings (SSSR count). The molecule has 2 atom stereocenters. The summed E-state index contributed by atoms with van der Waals surface area (Å²) >= 11 is 0. The van der Waals surface area contributed by atoms with E-state index in [2.05, 4.69) is 27.0 Å². The second kappa shape index (κ2) is 14.0. The quantitative estimate of drug-likeness (QED) is 0.212. The van der Waals surface area contributed by atoms with Crippen LogP contribution in [0.4, 0.5) is 0 Å². The molecule has 1 spiro atoms. The molecule has 4 aliphatic rings. The van der Waals surface area contributed by atoms with Gasteiger partial charge >= 0.3 is 0 Å². The molecular formula is C41H40N6O8. The molecule has 282 valence electrons. The van der Waals surface area contributed by atoms with Crippen molar-refractivity contribution in [3.8, 4) is 34.5 Å². The van der Waals surface area contributed by atoms with E-state index in [4.69, 9.17) is 9.47 Å². The summed E-state index contributed by atoms with van der Waals surface area (Å²) in [4.78, 5) is 72.6. The van der Waals surface area contributed by atoms with E-state index >= 15 is 0 Å². The third-order valence-corrected chi connectivity index (χ3v) is 11.3. The molecule has 6 heterocycles. The van der Waals surface area contributed by atoms with Gasteiger partial charge in [-0.05, 0) is 54.1 Å². The molecule has 2 aromatic heterocycles. The molecule has 4 amide bonds. The highest BCUT2D eigenvalue weighted by molar-refractivity contribution is 6.06. The van der Waals surface area contributed by atoms with Gasteiger partial charge in [-0.1, -0.05) is 17.9 Å². The van der Waals surface area contributed by atoms with Crippen molar-refractivity contribution in [3.63, 3.8) is 0 Å². The van der Waals surface area contributed by atoms with Crippen molar-refractivity contribution in [1.82, 2.24) is 29.6 Å². The van der Waals surface area contributed by atoms with Gasteiger partial charge in [0.05, 0.1) is 31.6 Å². The lowest BCUT2D eigenvalue weighted by molar-refractivity contribution is -0.139. The number of rotatable bonds is 7. The van der Waals surface area contributed by atoms with Crippen molar-refractivity contribution in [2.45, 2.75) is 44.5 Å². The van der Waals surface area contributed by atoms with E-state index in [1.807, 2.05) is 29.3 Å². The Balaban J connectivity index is 0.892. The summed E-state index contributed by atoms with van der Waals surface area (Å²) < 4.78 is 13.3. The van der Waals surface area contributed by atoms with Crippen molar-refractivity contribution in [2.24, 2.45) is 12.5 Å². The maximum Gasteiger partial charge on any atom is 0.259 e. The summed E-state index contributed by atoms with van der Waals surface area (Å²) in [7, 11) is 5.00. The van der Waals surface area contributed by atoms with Crippen LogP contribution < -0.4 is 20.3 Å². The minimum absolute atomic E-state index is 0.000849. The standard InChI is InChI=1S/C41H40N6O8/c1-44-19-30(26-11-13-42-18-29(26)38(44)51)25-16-33(54-2)31(34(17-25)55-3)20-45-21-41(22-45)12-14-46(23-41)36(49)6-4-5-24-7-8-27-28(15-24)40(53)47(39(27)52)32-9-10-35(48)43-37(32)50/h7-8,11,13,15-19,32,39,52H,6,9-10,12,14,20-23H2,1-3H3,(H,43,48,50). The van der Waals surface area contributed by atoms with E-state index in [0.717, 1.165) is 46.5 Å². The molecule has 3 saturated heterocycles. The van der Waals surface area contributed by atoms with Crippen LogP contribution in [-0.4, -0.2) is 99.4 Å². The number of carbonyl (C=O) groups excluding carboxylic acids is 4. The number of aryl methyl sites for hydroxylation is 1. The second-order valence-corrected chi connectivity index (χ2v) is 14.8. The van der Waals surface area contributed by atoms with E-state index < -0.39 is 30.0 Å². The third-order valence-electron chi connectivity index (χ3n) is 11.3. The van der Waals surface area contributed by atoms with Gasteiger partial charge in [-0.3, -0.25) is 44.1 Å². The molecule has 14 heteroatoms. The second-order valence-electron chi connectivity index (χ2n) is 14.8. The van der Waals surface area contributed by atoms with Gasteiger partial charge in [0.1, 0.15) is 17.5 Å². The Labute approximate surface area is 316 Å². The first-order valence-electron chi connectivity index (χ1n) is 18.1. The SMILES string of the molecule is COc1cc(-c2cn(C)c(=O)c3cnccc23)cc(OC)c1CN1CC2(CCN(C(=O)CC#Cc3ccc4c(c3)C(=O)N(C3CCC(=O)NC3=O)C4O)C2)C1. The lowest BCUT2D eigenvalue weighted by atomic mass is 9.79. The van der Waals surface area contributed by atoms with Gasteiger partial charge in [0.15, 0.2) is 6.23 Å². The number of nitrogens with zero attached hydrogens (tertiary/aromatic N) is 5. The first-order valence-corrected chi connectivity index (χ1v) is 18.1. The molecule has 0 aliphatic carbocycles. The number of imide groups is 1. The van der Waals surface area contributed by atoms with Gasteiger partial charge in [-0.15, -0.1) is 0 Å². The first kappa shape index (κ1) is 36.0. The molecular weight excluding hydrogens is 704 g/mol. The monoisotopic (exact) mass is 744 g/mol. The number of likely N-dealkylation sites (tertiary alicyclic amines) is 2. The highest BCUT2D eigenvalue weighted by Crippen LogP contribution is 2.44. The Kier molecular flexibility index (Phi) is 9.14. The number of fused-ring (bicyclic) bond motifs is 2. The predicted molar refractivity (Wildman–Crippen MR) is 200 cm³/mol. The number of methoxy groups -OCH3 is 2. The van der Waals surface area contributed by atoms with Crippen LogP contribution in [0.25, 0.3) is 21.9 Å². The van der Waals surface area contributed by atoms with Crippen LogP contribution in [0.2, 0.25) is 0 Å². The van der Waals surface area contributed by atoms with Crippen LogP contribution in [0.5, 0.6) is 11.5 Å². The molecule has 0 bridgehead atoms. The van der Waals surface area contributed by atoms with Crippen molar-refractivity contribution in [3.05, 3.63) is 87.6 Å². The highest BCUT2D eigenvalue weighted by atomic mass is 16.5. The number of pyridine rings is 2. The van der Waals surface area contributed by atoms with Crippen LogP contribution in [0, 0.1) is 17.3 Å². The summed E-state index contributed by atoms with van der Waals surface area (Å²) in [5, 5.41) is 14.4. The minimum atomic E-state index is -1.30. The van der Waals surface area contributed by atoms with Crippen molar-refractivity contribution >= 4 is 34.4 Å². The normalized spacial score (nSPS) is 20.3. The largest absolute Gasteiger partial charge is 0.496 e. The van der Waals surface area contributed by atoms with Gasteiger partial charge in [0, 0.05) is 92.5 Å². The predicted octanol–water partition coefficient (Wildman–Crippen LogP) is 2.35. The smallest absolute Gasteiger partial charge is 0.259 e. The molecule has 4 aliphatic heterocycles. The fraction of sp³-hybridized carbons (Fsp3) is 0.366. The summed E-state index contributed by atoms with van der Waals surface area (Å²) in [5.74, 6) is 5.74. The van der Waals surface area contributed by atoms with Gasteiger partial charge < -0.3 is 24.0 Å². The maximum atomic E-state index is 13.2.